The first kappa shape index (κ1) is 68.5. The molecule has 0 aliphatic carbocycles. The first-order valence-corrected chi connectivity index (χ1v) is 31.6. The maximum absolute atomic E-state index is 13.5. The van der Waals surface area contributed by atoms with Crippen LogP contribution in [0, 0.1) is 0 Å². The molecule has 1 N–H and O–H groups in total. The molecule has 1 amide bonds. The number of carbonyl (C=O) groups excluding carboxylic acids is 2. The fourth-order valence-electron chi connectivity index (χ4n) is 8.93. The molecule has 0 bridgehead atoms. The largest absolute Gasteiger partial charge is 0.756 e. The molecule has 0 saturated heterocycles. The Balaban J connectivity index is 5.31. The molecule has 0 rings (SSSR count). The number of nitrogens with zero attached hydrogens (tertiary/aromatic N) is 1. The zero-order valence-corrected chi connectivity index (χ0v) is 48.1. The fraction of sp³-hybridized carbons (Fsp3) is 0.900. The van der Waals surface area contributed by atoms with Gasteiger partial charge in [-0.25, -0.2) is 0 Å². The standard InChI is InChI=1S/C60H117N2O7P/c1-7-10-13-16-19-22-25-28-30-31-32-35-38-41-44-47-50-53-60(64)69-58(51-48-45-42-39-36-33-27-24-21-18-15-12-9-3)57(56-68-70(65,66)67-55-54-62(4,5)6)61-59(63)52-49-46-43-40-37-34-29-26-23-20-17-14-11-8-2/h34,37,48,51,57-58H,7-33,35-36,38-47,49-50,52-56H2,1-6H3,(H-,61,63,65,66)/b37-34-,51-48+. The predicted octanol–water partition coefficient (Wildman–Crippen LogP) is 17.5. The van der Waals surface area contributed by atoms with Crippen molar-refractivity contribution < 1.29 is 37.3 Å². The highest BCUT2D eigenvalue weighted by atomic mass is 31.2. The fourth-order valence-corrected chi connectivity index (χ4v) is 9.65. The van der Waals surface area contributed by atoms with Crippen LogP contribution in [0.5, 0.6) is 0 Å². The van der Waals surface area contributed by atoms with Crippen molar-refractivity contribution in [2.45, 2.75) is 309 Å². The van der Waals surface area contributed by atoms with E-state index in [0.717, 1.165) is 70.6 Å². The molecule has 0 saturated carbocycles. The van der Waals surface area contributed by atoms with Gasteiger partial charge in [0.15, 0.2) is 0 Å². The third-order valence-corrected chi connectivity index (χ3v) is 14.6. The summed E-state index contributed by atoms with van der Waals surface area (Å²) in [5.74, 6) is -0.545. The monoisotopic (exact) mass is 1010 g/mol. The number of likely N-dealkylation sites (N-methyl/N-ethyl adjacent to an activating group) is 1. The Morgan fingerprint density at radius 3 is 1.23 bits per heavy atom. The van der Waals surface area contributed by atoms with E-state index in [2.05, 4.69) is 38.2 Å². The number of ether oxygens (including phenoxy) is 1. The van der Waals surface area contributed by atoms with Crippen molar-refractivity contribution in [1.82, 2.24) is 5.32 Å². The topological polar surface area (TPSA) is 114 Å². The highest BCUT2D eigenvalue weighted by Crippen LogP contribution is 2.38. The molecule has 0 aromatic carbocycles. The first-order valence-electron chi connectivity index (χ1n) is 30.1. The summed E-state index contributed by atoms with van der Waals surface area (Å²) in [6.07, 6.45) is 58.5. The number of quaternary nitrogens is 1. The number of carbonyl (C=O) groups is 2. The van der Waals surface area contributed by atoms with Crippen molar-refractivity contribution in [3.8, 4) is 0 Å². The van der Waals surface area contributed by atoms with Crippen molar-refractivity contribution >= 4 is 19.7 Å². The molecule has 0 spiro atoms. The van der Waals surface area contributed by atoms with E-state index in [9.17, 15) is 19.0 Å². The van der Waals surface area contributed by atoms with E-state index in [4.69, 9.17) is 13.8 Å². The quantitative estimate of drug-likeness (QED) is 0.0212. The van der Waals surface area contributed by atoms with E-state index in [1.54, 1.807) is 0 Å². The van der Waals surface area contributed by atoms with Crippen LogP contribution in [0.25, 0.3) is 0 Å². The number of hydrogen-bond donors (Lipinski definition) is 1. The minimum Gasteiger partial charge on any atom is -0.756 e. The molecule has 3 unspecified atom stereocenters. The lowest BCUT2D eigenvalue weighted by Crippen LogP contribution is -2.47. The van der Waals surface area contributed by atoms with E-state index in [-0.39, 0.29) is 31.5 Å². The smallest absolute Gasteiger partial charge is 0.306 e. The maximum atomic E-state index is 13.5. The van der Waals surface area contributed by atoms with Crippen LogP contribution in [0.3, 0.4) is 0 Å². The van der Waals surface area contributed by atoms with Crippen LogP contribution in [0.4, 0.5) is 0 Å². The molecule has 70 heavy (non-hydrogen) atoms. The Hall–Kier alpha value is -1.51. The Kier molecular flexibility index (Phi) is 49.9. The van der Waals surface area contributed by atoms with Crippen LogP contribution in [-0.2, 0) is 27.9 Å². The molecule has 414 valence electrons. The van der Waals surface area contributed by atoms with Crippen LogP contribution >= 0.6 is 7.82 Å². The molecular formula is C60H117N2O7P. The summed E-state index contributed by atoms with van der Waals surface area (Å²) < 4.78 is 30.3. The number of rotatable bonds is 55. The number of amides is 1. The summed E-state index contributed by atoms with van der Waals surface area (Å²) in [6, 6.07) is -0.889. The highest BCUT2D eigenvalue weighted by Gasteiger charge is 2.27. The number of esters is 1. The second-order valence-corrected chi connectivity index (χ2v) is 23.3. The number of allylic oxidation sites excluding steroid dienone is 3. The third kappa shape index (κ3) is 51.4. The summed E-state index contributed by atoms with van der Waals surface area (Å²) >= 11 is 0. The van der Waals surface area contributed by atoms with E-state index < -0.39 is 20.0 Å². The van der Waals surface area contributed by atoms with E-state index in [1.807, 2.05) is 33.3 Å². The Morgan fingerprint density at radius 1 is 0.486 bits per heavy atom. The van der Waals surface area contributed by atoms with Gasteiger partial charge >= 0.3 is 5.97 Å². The van der Waals surface area contributed by atoms with E-state index in [1.165, 1.54) is 193 Å². The lowest BCUT2D eigenvalue weighted by Gasteiger charge is -2.30. The van der Waals surface area contributed by atoms with Crippen molar-refractivity contribution in [1.29, 1.82) is 0 Å². The zero-order valence-electron chi connectivity index (χ0n) is 47.2. The van der Waals surface area contributed by atoms with Gasteiger partial charge in [-0.15, -0.1) is 0 Å². The second-order valence-electron chi connectivity index (χ2n) is 21.9. The molecular weight excluding hydrogens is 892 g/mol. The number of hydrogen-bond acceptors (Lipinski definition) is 7. The Bertz CT molecular complexity index is 1250. The van der Waals surface area contributed by atoms with Gasteiger partial charge in [0.2, 0.25) is 5.91 Å². The number of phosphoric acid groups is 1. The van der Waals surface area contributed by atoms with Gasteiger partial charge in [0.05, 0.1) is 33.8 Å². The number of unbranched alkanes of at least 4 members (excludes halogenated alkanes) is 37. The summed E-state index contributed by atoms with van der Waals surface area (Å²) in [6.45, 7) is 6.86. The lowest BCUT2D eigenvalue weighted by molar-refractivity contribution is -0.870. The minimum absolute atomic E-state index is 0.0216. The van der Waals surface area contributed by atoms with Crippen LogP contribution in [0.15, 0.2) is 24.3 Å². The second kappa shape index (κ2) is 51.0. The van der Waals surface area contributed by atoms with Gasteiger partial charge in [0, 0.05) is 12.8 Å². The summed E-state index contributed by atoms with van der Waals surface area (Å²) in [7, 11) is 1.19. The van der Waals surface area contributed by atoms with Crippen molar-refractivity contribution in [2.75, 3.05) is 40.9 Å². The molecule has 9 nitrogen and oxygen atoms in total. The molecule has 0 radical (unpaired) electrons. The van der Waals surface area contributed by atoms with Gasteiger partial charge in [-0.1, -0.05) is 251 Å². The average molecular weight is 1010 g/mol. The lowest BCUT2D eigenvalue weighted by atomic mass is 10.0. The van der Waals surface area contributed by atoms with Gasteiger partial charge < -0.3 is 28.5 Å². The average Bonchev–Trinajstić information content (AvgIpc) is 3.32. The van der Waals surface area contributed by atoms with Gasteiger partial charge in [0.1, 0.15) is 19.3 Å². The summed E-state index contributed by atoms with van der Waals surface area (Å²) in [5, 5.41) is 3.02. The van der Waals surface area contributed by atoms with E-state index >= 15 is 0 Å². The Labute approximate surface area is 434 Å². The Morgan fingerprint density at radius 2 is 0.829 bits per heavy atom. The normalized spacial score (nSPS) is 13.9. The molecule has 0 fully saturated rings. The minimum atomic E-state index is -4.69. The van der Waals surface area contributed by atoms with Crippen molar-refractivity contribution in [3.05, 3.63) is 24.3 Å². The maximum Gasteiger partial charge on any atom is 0.306 e. The molecule has 3 atom stereocenters. The number of nitrogens with one attached hydrogen (secondary N) is 1. The molecule has 0 aliphatic rings. The predicted molar refractivity (Wildman–Crippen MR) is 298 cm³/mol. The summed E-state index contributed by atoms with van der Waals surface area (Å²) in [4.78, 5) is 39.9. The molecule has 0 aliphatic heterocycles. The third-order valence-electron chi connectivity index (χ3n) is 13.6. The number of phosphoric ester groups is 1. The summed E-state index contributed by atoms with van der Waals surface area (Å²) in [5.41, 5.74) is 0. The van der Waals surface area contributed by atoms with Crippen LogP contribution in [0.2, 0.25) is 0 Å². The van der Waals surface area contributed by atoms with Gasteiger partial charge in [-0.05, 0) is 57.4 Å². The first-order chi connectivity index (χ1) is 33.9. The molecule has 0 aromatic heterocycles. The molecule has 0 heterocycles. The van der Waals surface area contributed by atoms with Gasteiger partial charge in [0.25, 0.3) is 7.82 Å². The van der Waals surface area contributed by atoms with Crippen LogP contribution in [0.1, 0.15) is 297 Å². The van der Waals surface area contributed by atoms with Crippen LogP contribution < -0.4 is 10.2 Å². The van der Waals surface area contributed by atoms with Gasteiger partial charge in [-0.3, -0.25) is 14.2 Å². The van der Waals surface area contributed by atoms with Crippen molar-refractivity contribution in [3.63, 3.8) is 0 Å². The van der Waals surface area contributed by atoms with Crippen LogP contribution in [-0.4, -0.2) is 69.4 Å². The van der Waals surface area contributed by atoms with Gasteiger partial charge in [-0.2, -0.15) is 0 Å². The highest BCUT2D eigenvalue weighted by molar-refractivity contribution is 7.45. The molecule has 0 aromatic rings. The van der Waals surface area contributed by atoms with E-state index in [0.29, 0.717) is 17.4 Å². The zero-order chi connectivity index (χ0) is 51.5. The van der Waals surface area contributed by atoms with Crippen molar-refractivity contribution in [2.24, 2.45) is 0 Å². The SMILES string of the molecule is CCCCCCCCC/C=C\CCCCCC(=O)NC(COP(=O)([O-])OCC[N+](C)(C)C)C(/C=C/CCCCCCCCCCCCC)OC(=O)CCCCCCCCCCCCCCCCCCC. The molecule has 10 heteroatoms.